The lowest BCUT2D eigenvalue weighted by atomic mass is 9.97. The summed E-state index contributed by atoms with van der Waals surface area (Å²) in [6, 6.07) is 0. The van der Waals surface area contributed by atoms with Crippen LogP contribution in [0, 0.1) is 5.92 Å². The molecule has 0 aromatic rings. The van der Waals surface area contributed by atoms with Crippen LogP contribution in [-0.2, 0) is 14.3 Å². The Morgan fingerprint density at radius 3 is 2.94 bits per heavy atom. The summed E-state index contributed by atoms with van der Waals surface area (Å²) in [5.74, 6) is -0.0374. The van der Waals surface area contributed by atoms with Crippen molar-refractivity contribution in [3.63, 3.8) is 0 Å². The van der Waals surface area contributed by atoms with Crippen molar-refractivity contribution in [2.45, 2.75) is 26.4 Å². The zero-order valence-electron chi connectivity index (χ0n) is 10.3. The second kappa shape index (κ2) is 6.97. The van der Waals surface area contributed by atoms with Gasteiger partial charge < -0.3 is 4.74 Å². The van der Waals surface area contributed by atoms with E-state index in [1.54, 1.807) is 18.2 Å². The first-order valence-corrected chi connectivity index (χ1v) is 5.79. The third-order valence-electron chi connectivity index (χ3n) is 2.57. The molecule has 0 aromatic carbocycles. The van der Waals surface area contributed by atoms with E-state index in [-0.39, 0.29) is 30.2 Å². The summed E-state index contributed by atoms with van der Waals surface area (Å²) >= 11 is 0. The quantitative estimate of drug-likeness (QED) is 0.541. The number of carbonyl (C=O) groups is 2. The first kappa shape index (κ1) is 13.6. The molecule has 1 aliphatic heterocycles. The molecule has 3 heteroatoms. The second-order valence-electron chi connectivity index (χ2n) is 4.10. The van der Waals surface area contributed by atoms with Crippen LogP contribution in [0.25, 0.3) is 0 Å². The van der Waals surface area contributed by atoms with Crippen LogP contribution in [0.1, 0.15) is 20.3 Å². The van der Waals surface area contributed by atoms with Crippen molar-refractivity contribution in [1.29, 1.82) is 0 Å². The predicted octanol–water partition coefficient (Wildman–Crippen LogP) is 2.24. The molecule has 0 saturated carbocycles. The van der Waals surface area contributed by atoms with Crippen molar-refractivity contribution in [2.24, 2.45) is 5.92 Å². The van der Waals surface area contributed by atoms with Crippen LogP contribution in [0.3, 0.4) is 0 Å². The minimum absolute atomic E-state index is 0.0202. The zero-order valence-corrected chi connectivity index (χ0v) is 10.3. The van der Waals surface area contributed by atoms with Gasteiger partial charge in [-0.15, -0.1) is 0 Å². The van der Waals surface area contributed by atoms with E-state index < -0.39 is 0 Å². The number of allylic oxidation sites excluding steroid dienone is 4. The Kier molecular flexibility index (Phi) is 5.57. The number of rotatable bonds is 5. The van der Waals surface area contributed by atoms with Gasteiger partial charge in [0.1, 0.15) is 6.61 Å². The fourth-order valence-electron chi connectivity index (χ4n) is 1.54. The molecule has 92 valence electrons. The topological polar surface area (TPSA) is 43.4 Å². The van der Waals surface area contributed by atoms with Crippen LogP contribution >= 0.6 is 0 Å². The molecular formula is C14H18O3. The lowest BCUT2D eigenvalue weighted by Crippen LogP contribution is -2.24. The summed E-state index contributed by atoms with van der Waals surface area (Å²) in [5, 5.41) is 0. The largest absolute Gasteiger partial charge is 0.366 e. The highest BCUT2D eigenvalue weighted by Gasteiger charge is 2.19. The molecule has 0 amide bonds. The maximum atomic E-state index is 11.7. The Bertz CT molecular complexity index is 364. The van der Waals surface area contributed by atoms with Gasteiger partial charge in [0, 0.05) is 5.92 Å². The molecule has 0 saturated heterocycles. The fraction of sp³-hybridized carbons (Fsp3) is 0.429. The van der Waals surface area contributed by atoms with E-state index >= 15 is 0 Å². The van der Waals surface area contributed by atoms with E-state index in [1.807, 2.05) is 26.0 Å². The summed E-state index contributed by atoms with van der Waals surface area (Å²) in [5.41, 5.74) is 0. The van der Waals surface area contributed by atoms with E-state index in [0.717, 1.165) is 0 Å². The SMILES string of the molecule is C/C=C/C=C/C(=O)[C@@H](C)C[C@@H]1C=CC(=O)CO1. The molecule has 17 heavy (non-hydrogen) atoms. The van der Waals surface area contributed by atoms with Crippen LogP contribution in [0.15, 0.2) is 36.5 Å². The maximum Gasteiger partial charge on any atom is 0.181 e. The average molecular weight is 234 g/mol. The summed E-state index contributed by atoms with van der Waals surface area (Å²) in [6.07, 6.45) is 10.7. The summed E-state index contributed by atoms with van der Waals surface area (Å²) in [7, 11) is 0. The number of hydrogen-bond donors (Lipinski definition) is 0. The average Bonchev–Trinajstić information content (AvgIpc) is 2.32. The normalized spacial score (nSPS) is 22.5. The second-order valence-corrected chi connectivity index (χ2v) is 4.10. The number of hydrogen-bond acceptors (Lipinski definition) is 3. The van der Waals surface area contributed by atoms with Crippen LogP contribution in [0.4, 0.5) is 0 Å². The van der Waals surface area contributed by atoms with E-state index in [9.17, 15) is 9.59 Å². The third kappa shape index (κ3) is 4.91. The van der Waals surface area contributed by atoms with Crippen LogP contribution in [0.5, 0.6) is 0 Å². The Balaban J connectivity index is 2.43. The number of ketones is 2. The Morgan fingerprint density at radius 2 is 2.35 bits per heavy atom. The van der Waals surface area contributed by atoms with E-state index in [4.69, 9.17) is 4.74 Å². The van der Waals surface area contributed by atoms with Crippen LogP contribution < -0.4 is 0 Å². The monoisotopic (exact) mass is 234 g/mol. The maximum absolute atomic E-state index is 11.7. The zero-order chi connectivity index (χ0) is 12.7. The highest BCUT2D eigenvalue weighted by Crippen LogP contribution is 2.14. The number of ether oxygens (including phenoxy) is 1. The molecule has 0 spiro atoms. The Labute approximate surface area is 102 Å². The summed E-state index contributed by atoms with van der Waals surface area (Å²) in [4.78, 5) is 22.6. The molecule has 0 aromatic heterocycles. The molecule has 1 aliphatic rings. The van der Waals surface area contributed by atoms with Gasteiger partial charge in [-0.05, 0) is 25.5 Å². The molecule has 0 fully saturated rings. The van der Waals surface area contributed by atoms with E-state index in [1.165, 1.54) is 6.08 Å². The van der Waals surface area contributed by atoms with Crippen LogP contribution in [0.2, 0.25) is 0 Å². The molecule has 0 aliphatic carbocycles. The van der Waals surface area contributed by atoms with Crippen molar-refractivity contribution in [1.82, 2.24) is 0 Å². The lowest BCUT2D eigenvalue weighted by Gasteiger charge is -2.19. The van der Waals surface area contributed by atoms with Crippen molar-refractivity contribution < 1.29 is 14.3 Å². The first-order valence-electron chi connectivity index (χ1n) is 5.79. The molecule has 0 bridgehead atoms. The molecule has 2 atom stereocenters. The highest BCUT2D eigenvalue weighted by molar-refractivity contribution is 5.92. The van der Waals surface area contributed by atoms with Gasteiger partial charge in [-0.3, -0.25) is 9.59 Å². The van der Waals surface area contributed by atoms with Crippen molar-refractivity contribution in [3.8, 4) is 0 Å². The Morgan fingerprint density at radius 1 is 1.59 bits per heavy atom. The standard InChI is InChI=1S/C14H18O3/c1-3-4-5-6-14(16)11(2)9-13-8-7-12(15)10-17-13/h3-8,11,13H,9-10H2,1-2H3/b4-3+,6-5+/t11-,13-/m0/s1. The molecule has 0 unspecified atom stereocenters. The molecule has 0 radical (unpaired) electrons. The smallest absolute Gasteiger partial charge is 0.181 e. The van der Waals surface area contributed by atoms with Crippen molar-refractivity contribution >= 4 is 11.6 Å². The highest BCUT2D eigenvalue weighted by atomic mass is 16.5. The van der Waals surface area contributed by atoms with Gasteiger partial charge in [0.05, 0.1) is 6.10 Å². The summed E-state index contributed by atoms with van der Waals surface area (Å²) < 4.78 is 5.31. The van der Waals surface area contributed by atoms with Crippen molar-refractivity contribution in [2.75, 3.05) is 6.61 Å². The fourth-order valence-corrected chi connectivity index (χ4v) is 1.54. The van der Waals surface area contributed by atoms with Crippen LogP contribution in [-0.4, -0.2) is 24.3 Å². The van der Waals surface area contributed by atoms with Gasteiger partial charge in [-0.2, -0.15) is 0 Å². The molecular weight excluding hydrogens is 216 g/mol. The molecule has 3 nitrogen and oxygen atoms in total. The molecule has 1 heterocycles. The van der Waals surface area contributed by atoms with Gasteiger partial charge in [-0.25, -0.2) is 0 Å². The van der Waals surface area contributed by atoms with Gasteiger partial charge in [0.25, 0.3) is 0 Å². The van der Waals surface area contributed by atoms with Gasteiger partial charge in [-0.1, -0.05) is 31.2 Å². The minimum Gasteiger partial charge on any atom is -0.366 e. The Hall–Kier alpha value is -1.48. The molecule has 1 rings (SSSR count). The van der Waals surface area contributed by atoms with Crippen molar-refractivity contribution in [3.05, 3.63) is 36.5 Å². The van der Waals surface area contributed by atoms with Gasteiger partial charge >= 0.3 is 0 Å². The lowest BCUT2D eigenvalue weighted by molar-refractivity contribution is -0.122. The summed E-state index contributed by atoms with van der Waals surface area (Å²) in [6.45, 7) is 3.89. The third-order valence-corrected chi connectivity index (χ3v) is 2.57. The van der Waals surface area contributed by atoms with Gasteiger partial charge in [0.2, 0.25) is 0 Å². The number of carbonyl (C=O) groups excluding carboxylic acids is 2. The van der Waals surface area contributed by atoms with Gasteiger partial charge in [0.15, 0.2) is 11.6 Å². The van der Waals surface area contributed by atoms with E-state index in [2.05, 4.69) is 0 Å². The van der Waals surface area contributed by atoms with E-state index in [0.29, 0.717) is 6.42 Å². The molecule has 0 N–H and O–H groups in total. The first-order chi connectivity index (χ1) is 8.13. The minimum atomic E-state index is -0.123. The predicted molar refractivity (Wildman–Crippen MR) is 66.6 cm³/mol.